The molecule has 1 N–H and O–H groups in total. The highest BCUT2D eigenvalue weighted by Gasteiger charge is 2.18. The van der Waals surface area contributed by atoms with E-state index in [9.17, 15) is 0 Å². The minimum absolute atomic E-state index is 0.464. The van der Waals surface area contributed by atoms with Crippen LogP contribution in [-0.2, 0) is 0 Å². The van der Waals surface area contributed by atoms with E-state index in [4.69, 9.17) is 11.6 Å². The maximum atomic E-state index is 5.93. The number of anilines is 1. The molecular weight excluding hydrogens is 222 g/mol. The van der Waals surface area contributed by atoms with Crippen LogP contribution < -0.4 is 5.32 Å². The van der Waals surface area contributed by atoms with Crippen molar-refractivity contribution in [1.82, 2.24) is 9.97 Å². The van der Waals surface area contributed by atoms with E-state index in [0.717, 1.165) is 18.4 Å². The predicted molar refractivity (Wildman–Crippen MR) is 66.7 cm³/mol. The molecule has 2 atom stereocenters. The van der Waals surface area contributed by atoms with E-state index in [-0.39, 0.29) is 0 Å². The highest BCUT2D eigenvalue weighted by molar-refractivity contribution is 6.31. The number of rotatable bonds is 3. The van der Waals surface area contributed by atoms with Gasteiger partial charge in [0.15, 0.2) is 11.0 Å². The Morgan fingerprint density at radius 2 is 2.19 bits per heavy atom. The Kier molecular flexibility index (Phi) is 3.99. The van der Waals surface area contributed by atoms with Crippen LogP contribution in [0, 0.1) is 11.8 Å². The van der Waals surface area contributed by atoms with Crippen molar-refractivity contribution in [2.45, 2.75) is 32.6 Å². The van der Waals surface area contributed by atoms with Gasteiger partial charge in [0.1, 0.15) is 0 Å². The summed E-state index contributed by atoms with van der Waals surface area (Å²) in [7, 11) is 0. The lowest BCUT2D eigenvalue weighted by atomic mass is 9.82. The monoisotopic (exact) mass is 239 g/mol. The smallest absolute Gasteiger partial charge is 0.171 e. The van der Waals surface area contributed by atoms with Crippen LogP contribution in [0.3, 0.4) is 0 Å². The first kappa shape index (κ1) is 11.6. The van der Waals surface area contributed by atoms with E-state index in [0.29, 0.717) is 11.0 Å². The van der Waals surface area contributed by atoms with Gasteiger partial charge in [0.25, 0.3) is 0 Å². The number of nitrogens with zero attached hydrogens (tertiary/aromatic N) is 2. The van der Waals surface area contributed by atoms with Gasteiger partial charge in [0.2, 0.25) is 0 Å². The number of hydrogen-bond donors (Lipinski definition) is 1. The molecule has 4 heteroatoms. The van der Waals surface area contributed by atoms with E-state index < -0.39 is 0 Å². The number of aromatic nitrogens is 2. The van der Waals surface area contributed by atoms with E-state index in [1.165, 1.54) is 25.7 Å². The van der Waals surface area contributed by atoms with Crippen molar-refractivity contribution in [3.8, 4) is 0 Å². The molecule has 3 nitrogen and oxygen atoms in total. The Balaban J connectivity index is 1.85. The zero-order chi connectivity index (χ0) is 11.4. The van der Waals surface area contributed by atoms with Crippen LogP contribution in [0.1, 0.15) is 32.6 Å². The molecule has 0 saturated heterocycles. The molecule has 0 bridgehead atoms. The van der Waals surface area contributed by atoms with E-state index in [2.05, 4.69) is 22.2 Å². The standard InChI is InChI=1S/C12H18ClN3/c1-9-3-2-4-10(7-9)8-16-12-11(13)14-5-6-15-12/h5-6,9-10H,2-4,7-8H2,1H3,(H,15,16). The van der Waals surface area contributed by atoms with Gasteiger partial charge in [-0.1, -0.05) is 31.4 Å². The molecular formula is C12H18ClN3. The molecule has 1 fully saturated rings. The van der Waals surface area contributed by atoms with Gasteiger partial charge in [0.05, 0.1) is 0 Å². The van der Waals surface area contributed by atoms with Crippen molar-refractivity contribution in [2.24, 2.45) is 11.8 Å². The summed E-state index contributed by atoms with van der Waals surface area (Å²) in [6, 6.07) is 0. The Labute approximate surface area is 102 Å². The van der Waals surface area contributed by atoms with E-state index >= 15 is 0 Å². The molecule has 0 amide bonds. The summed E-state index contributed by atoms with van der Waals surface area (Å²) in [4.78, 5) is 8.17. The van der Waals surface area contributed by atoms with Crippen LogP contribution in [0.4, 0.5) is 5.82 Å². The summed E-state index contributed by atoms with van der Waals surface area (Å²) in [5, 5.41) is 3.76. The van der Waals surface area contributed by atoms with Crippen molar-refractivity contribution in [1.29, 1.82) is 0 Å². The molecule has 1 aliphatic carbocycles. The number of halogens is 1. The van der Waals surface area contributed by atoms with Gasteiger partial charge in [-0.15, -0.1) is 0 Å². The highest BCUT2D eigenvalue weighted by Crippen LogP contribution is 2.28. The van der Waals surface area contributed by atoms with Crippen LogP contribution in [0.2, 0.25) is 5.15 Å². The van der Waals surface area contributed by atoms with E-state index in [1.807, 2.05) is 0 Å². The van der Waals surface area contributed by atoms with Gasteiger partial charge in [-0.05, 0) is 24.7 Å². The first-order valence-corrected chi connectivity index (χ1v) is 6.34. The van der Waals surface area contributed by atoms with Crippen LogP contribution >= 0.6 is 11.6 Å². The van der Waals surface area contributed by atoms with Crippen LogP contribution in [-0.4, -0.2) is 16.5 Å². The van der Waals surface area contributed by atoms with E-state index in [1.54, 1.807) is 12.4 Å². The van der Waals surface area contributed by atoms with Crippen LogP contribution in [0.5, 0.6) is 0 Å². The second-order valence-corrected chi connectivity index (χ2v) is 5.07. The fourth-order valence-electron chi connectivity index (χ4n) is 2.43. The van der Waals surface area contributed by atoms with Gasteiger partial charge in [-0.2, -0.15) is 0 Å². The zero-order valence-corrected chi connectivity index (χ0v) is 10.4. The van der Waals surface area contributed by atoms with Crippen molar-refractivity contribution in [3.63, 3.8) is 0 Å². The summed E-state index contributed by atoms with van der Waals surface area (Å²) in [5.41, 5.74) is 0. The maximum Gasteiger partial charge on any atom is 0.171 e. The summed E-state index contributed by atoms with van der Waals surface area (Å²) in [5.74, 6) is 2.32. The molecule has 0 radical (unpaired) electrons. The highest BCUT2D eigenvalue weighted by atomic mass is 35.5. The Morgan fingerprint density at radius 1 is 1.38 bits per heavy atom. The summed E-state index contributed by atoms with van der Waals surface area (Å²) in [6.45, 7) is 3.30. The van der Waals surface area contributed by atoms with Crippen molar-refractivity contribution < 1.29 is 0 Å². The first-order valence-electron chi connectivity index (χ1n) is 5.96. The van der Waals surface area contributed by atoms with Gasteiger partial charge in [0, 0.05) is 18.9 Å². The lowest BCUT2D eigenvalue weighted by Gasteiger charge is -2.26. The minimum atomic E-state index is 0.464. The average molecular weight is 240 g/mol. The van der Waals surface area contributed by atoms with Crippen LogP contribution in [0.15, 0.2) is 12.4 Å². The SMILES string of the molecule is CC1CCCC(CNc2nccnc2Cl)C1. The molecule has 1 aliphatic rings. The van der Waals surface area contributed by atoms with Crippen molar-refractivity contribution >= 4 is 17.4 Å². The third kappa shape index (κ3) is 3.08. The molecule has 0 aliphatic heterocycles. The largest absolute Gasteiger partial charge is 0.367 e. The first-order chi connectivity index (χ1) is 7.75. The summed E-state index contributed by atoms with van der Waals surface area (Å²) < 4.78 is 0. The minimum Gasteiger partial charge on any atom is -0.367 e. The predicted octanol–water partition coefficient (Wildman–Crippen LogP) is 3.37. The molecule has 2 unspecified atom stereocenters. The van der Waals surface area contributed by atoms with Crippen molar-refractivity contribution in [3.05, 3.63) is 17.5 Å². The molecule has 0 aromatic carbocycles. The lowest BCUT2D eigenvalue weighted by molar-refractivity contribution is 0.293. The number of nitrogens with one attached hydrogen (secondary N) is 1. The zero-order valence-electron chi connectivity index (χ0n) is 9.62. The fraction of sp³-hybridized carbons (Fsp3) is 0.667. The van der Waals surface area contributed by atoms with Gasteiger partial charge in [-0.25, -0.2) is 9.97 Å². The average Bonchev–Trinajstić information content (AvgIpc) is 2.28. The fourth-order valence-corrected chi connectivity index (χ4v) is 2.60. The lowest BCUT2D eigenvalue weighted by Crippen LogP contribution is -2.21. The molecule has 0 spiro atoms. The van der Waals surface area contributed by atoms with Crippen molar-refractivity contribution in [2.75, 3.05) is 11.9 Å². The van der Waals surface area contributed by atoms with Gasteiger partial charge < -0.3 is 5.32 Å². The topological polar surface area (TPSA) is 37.8 Å². The quantitative estimate of drug-likeness (QED) is 0.879. The Bertz CT molecular complexity index is 343. The molecule has 16 heavy (non-hydrogen) atoms. The Morgan fingerprint density at radius 3 is 2.94 bits per heavy atom. The molecule has 2 rings (SSSR count). The number of hydrogen-bond acceptors (Lipinski definition) is 3. The maximum absolute atomic E-state index is 5.93. The molecule has 1 heterocycles. The van der Waals surface area contributed by atoms with Gasteiger partial charge >= 0.3 is 0 Å². The third-order valence-electron chi connectivity index (χ3n) is 3.26. The molecule has 88 valence electrons. The molecule has 1 aromatic heterocycles. The third-order valence-corrected chi connectivity index (χ3v) is 3.53. The van der Waals surface area contributed by atoms with Crippen LogP contribution in [0.25, 0.3) is 0 Å². The summed E-state index contributed by atoms with van der Waals surface area (Å²) in [6.07, 6.45) is 8.62. The second kappa shape index (κ2) is 5.48. The van der Waals surface area contributed by atoms with Gasteiger partial charge in [-0.3, -0.25) is 0 Å². The second-order valence-electron chi connectivity index (χ2n) is 4.71. The Hall–Kier alpha value is -0.830. The normalized spacial score (nSPS) is 25.4. The summed E-state index contributed by atoms with van der Waals surface area (Å²) >= 11 is 5.93. The molecule has 1 aromatic rings. The molecule has 1 saturated carbocycles.